The van der Waals surface area contributed by atoms with Gasteiger partial charge < -0.3 is 28.4 Å². The lowest BCUT2D eigenvalue weighted by Gasteiger charge is -2.23. The van der Waals surface area contributed by atoms with Gasteiger partial charge in [-0.3, -0.25) is 0 Å². The minimum Gasteiger partial charge on any atom is -0.463 e. The second-order valence-electron chi connectivity index (χ2n) is 4.55. The summed E-state index contributed by atoms with van der Waals surface area (Å²) < 4.78 is 32.7. The average molecular weight is 336 g/mol. The Morgan fingerprint density at radius 1 is 0.708 bits per heavy atom. The predicted molar refractivity (Wildman–Crippen MR) is 90.6 cm³/mol. The van der Waals surface area contributed by atoms with Crippen molar-refractivity contribution in [3.8, 4) is 17.2 Å². The first-order valence-electron chi connectivity index (χ1n) is 7.43. The molecule has 0 saturated heterocycles. The molecule has 0 amide bonds. The molecule has 6 heteroatoms. The maximum absolute atomic E-state index is 5.77. The van der Waals surface area contributed by atoms with E-state index in [0.717, 1.165) is 0 Å². The van der Waals surface area contributed by atoms with Gasteiger partial charge in [-0.2, -0.15) is 0 Å². The van der Waals surface area contributed by atoms with E-state index in [4.69, 9.17) is 28.4 Å². The van der Waals surface area contributed by atoms with E-state index in [1.54, 1.807) is 39.0 Å². The molecule has 1 aromatic carbocycles. The summed E-state index contributed by atoms with van der Waals surface area (Å²) in [7, 11) is 0. The van der Waals surface area contributed by atoms with Gasteiger partial charge in [0.15, 0.2) is 11.5 Å². The van der Waals surface area contributed by atoms with Crippen LogP contribution in [-0.2, 0) is 14.2 Å². The molecule has 0 aliphatic rings. The number of hydrogen-bond donors (Lipinski definition) is 0. The molecule has 6 nitrogen and oxygen atoms in total. The molecule has 24 heavy (non-hydrogen) atoms. The maximum Gasteiger partial charge on any atom is 0.237 e. The lowest BCUT2D eigenvalue weighted by molar-refractivity contribution is -0.0423. The van der Waals surface area contributed by atoms with Gasteiger partial charge in [0.05, 0.1) is 18.8 Å². The Hall–Kier alpha value is -2.76. The van der Waals surface area contributed by atoms with Crippen LogP contribution >= 0.6 is 0 Å². The first kappa shape index (κ1) is 19.3. The first-order valence-corrected chi connectivity index (χ1v) is 7.43. The standard InChI is InChI=1S/C18H24O6/c1-7-19-13(4)22-16-11-10-12-17(23-14(5)20-8-2)18(16)24-15(6)21-9-3/h7-15H,1-3H2,4-6H3. The van der Waals surface area contributed by atoms with Gasteiger partial charge in [-0.15, -0.1) is 0 Å². The largest absolute Gasteiger partial charge is 0.463 e. The van der Waals surface area contributed by atoms with E-state index in [1.807, 2.05) is 0 Å². The number of benzene rings is 1. The Kier molecular flexibility index (Phi) is 8.11. The summed E-state index contributed by atoms with van der Waals surface area (Å²) in [5.74, 6) is 1.20. The zero-order chi connectivity index (χ0) is 17.9. The third-order valence-electron chi connectivity index (χ3n) is 2.68. The highest BCUT2D eigenvalue weighted by atomic mass is 16.7. The molecule has 1 aromatic rings. The van der Waals surface area contributed by atoms with Crippen LogP contribution in [0.3, 0.4) is 0 Å². The number of para-hydroxylation sites is 1. The van der Waals surface area contributed by atoms with E-state index in [1.165, 1.54) is 18.8 Å². The van der Waals surface area contributed by atoms with Gasteiger partial charge in [0, 0.05) is 20.8 Å². The van der Waals surface area contributed by atoms with Gasteiger partial charge in [0.1, 0.15) is 0 Å². The Balaban J connectivity index is 3.08. The van der Waals surface area contributed by atoms with Crippen LogP contribution in [-0.4, -0.2) is 18.9 Å². The molecule has 0 aromatic heterocycles. The topological polar surface area (TPSA) is 55.4 Å². The SMILES string of the molecule is C=COC(C)Oc1cccc(OC(C)OC=C)c1OC(C)OC=C. The molecule has 0 fully saturated rings. The smallest absolute Gasteiger partial charge is 0.237 e. The van der Waals surface area contributed by atoms with Gasteiger partial charge in [-0.05, 0) is 12.1 Å². The highest BCUT2D eigenvalue weighted by molar-refractivity contribution is 5.51. The molecule has 0 saturated carbocycles. The summed E-state index contributed by atoms with van der Waals surface area (Å²) in [5, 5.41) is 0. The van der Waals surface area contributed by atoms with E-state index in [-0.39, 0.29) is 0 Å². The molecule has 0 aliphatic heterocycles. The van der Waals surface area contributed by atoms with Gasteiger partial charge in [-0.1, -0.05) is 25.8 Å². The molecular weight excluding hydrogens is 312 g/mol. The van der Waals surface area contributed by atoms with Gasteiger partial charge >= 0.3 is 0 Å². The third kappa shape index (κ3) is 6.16. The Bertz CT molecular complexity index is 506. The Morgan fingerprint density at radius 3 is 1.46 bits per heavy atom. The van der Waals surface area contributed by atoms with Gasteiger partial charge in [0.25, 0.3) is 0 Å². The monoisotopic (exact) mass is 336 g/mol. The summed E-state index contributed by atoms with van der Waals surface area (Å²) >= 11 is 0. The summed E-state index contributed by atoms with van der Waals surface area (Å²) in [6, 6.07) is 5.22. The van der Waals surface area contributed by atoms with E-state index in [9.17, 15) is 0 Å². The minimum absolute atomic E-state index is 0.353. The molecule has 132 valence electrons. The molecule has 0 radical (unpaired) electrons. The van der Waals surface area contributed by atoms with Gasteiger partial charge in [0.2, 0.25) is 24.6 Å². The second-order valence-corrected chi connectivity index (χ2v) is 4.55. The van der Waals surface area contributed by atoms with Crippen LogP contribution in [0.4, 0.5) is 0 Å². The molecule has 3 atom stereocenters. The van der Waals surface area contributed by atoms with Crippen LogP contribution in [0.25, 0.3) is 0 Å². The second kappa shape index (κ2) is 10.1. The van der Waals surface area contributed by atoms with Crippen molar-refractivity contribution in [2.75, 3.05) is 0 Å². The Labute approximate surface area is 142 Å². The van der Waals surface area contributed by atoms with Crippen molar-refractivity contribution >= 4 is 0 Å². The third-order valence-corrected chi connectivity index (χ3v) is 2.68. The van der Waals surface area contributed by atoms with Crippen LogP contribution in [0.15, 0.2) is 56.7 Å². The summed E-state index contributed by atoms with van der Waals surface area (Å²) in [6.07, 6.45) is 2.18. The summed E-state index contributed by atoms with van der Waals surface area (Å²) in [5.41, 5.74) is 0. The van der Waals surface area contributed by atoms with Crippen LogP contribution in [0.2, 0.25) is 0 Å². The van der Waals surface area contributed by atoms with Crippen LogP contribution in [0.5, 0.6) is 17.2 Å². The van der Waals surface area contributed by atoms with Crippen molar-refractivity contribution in [2.24, 2.45) is 0 Å². The zero-order valence-corrected chi connectivity index (χ0v) is 14.3. The zero-order valence-electron chi connectivity index (χ0n) is 14.3. The fourth-order valence-electron chi connectivity index (χ4n) is 1.81. The summed E-state index contributed by atoms with van der Waals surface area (Å²) in [6.45, 7) is 15.7. The molecule has 0 aliphatic carbocycles. The van der Waals surface area contributed by atoms with E-state index >= 15 is 0 Å². The highest BCUT2D eigenvalue weighted by Gasteiger charge is 2.19. The highest BCUT2D eigenvalue weighted by Crippen LogP contribution is 2.39. The molecule has 0 bridgehead atoms. The van der Waals surface area contributed by atoms with Crippen molar-refractivity contribution in [2.45, 2.75) is 39.6 Å². The van der Waals surface area contributed by atoms with Crippen molar-refractivity contribution < 1.29 is 28.4 Å². The lowest BCUT2D eigenvalue weighted by Crippen LogP contribution is -2.19. The van der Waals surface area contributed by atoms with Crippen LogP contribution in [0.1, 0.15) is 20.8 Å². The van der Waals surface area contributed by atoms with Crippen LogP contribution < -0.4 is 14.2 Å². The molecule has 0 N–H and O–H groups in total. The van der Waals surface area contributed by atoms with E-state index in [0.29, 0.717) is 17.2 Å². The van der Waals surface area contributed by atoms with E-state index < -0.39 is 18.9 Å². The predicted octanol–water partition coefficient (Wildman–Crippen LogP) is 4.34. The molecule has 0 heterocycles. The molecule has 3 unspecified atom stereocenters. The summed E-state index contributed by atoms with van der Waals surface area (Å²) in [4.78, 5) is 0. The fraction of sp³-hybridized carbons (Fsp3) is 0.333. The lowest BCUT2D eigenvalue weighted by atomic mass is 10.3. The van der Waals surface area contributed by atoms with Crippen LogP contribution in [0, 0.1) is 0 Å². The van der Waals surface area contributed by atoms with E-state index in [2.05, 4.69) is 19.7 Å². The van der Waals surface area contributed by atoms with Crippen molar-refractivity contribution in [3.05, 3.63) is 56.7 Å². The fourth-order valence-corrected chi connectivity index (χ4v) is 1.81. The molecule has 1 rings (SSSR count). The van der Waals surface area contributed by atoms with Crippen molar-refractivity contribution in [1.29, 1.82) is 0 Å². The minimum atomic E-state index is -0.596. The first-order chi connectivity index (χ1) is 11.5. The number of ether oxygens (including phenoxy) is 6. The quantitative estimate of drug-likeness (QED) is 0.418. The number of rotatable bonds is 12. The van der Waals surface area contributed by atoms with Crippen molar-refractivity contribution in [3.63, 3.8) is 0 Å². The average Bonchev–Trinajstić information content (AvgIpc) is 2.51. The van der Waals surface area contributed by atoms with Gasteiger partial charge in [-0.25, -0.2) is 0 Å². The maximum atomic E-state index is 5.77. The number of hydrogen-bond acceptors (Lipinski definition) is 6. The van der Waals surface area contributed by atoms with Crippen molar-refractivity contribution in [1.82, 2.24) is 0 Å². The normalized spacial score (nSPS) is 13.6. The Morgan fingerprint density at radius 2 is 1.08 bits per heavy atom. The molecular formula is C18H24O6. The molecule has 0 spiro atoms.